The molecule has 138 valence electrons. The zero-order chi connectivity index (χ0) is 18.2. The van der Waals surface area contributed by atoms with Crippen molar-refractivity contribution in [1.82, 2.24) is 15.2 Å². The van der Waals surface area contributed by atoms with E-state index in [2.05, 4.69) is 29.5 Å². The van der Waals surface area contributed by atoms with Crippen LogP contribution in [0.3, 0.4) is 0 Å². The van der Waals surface area contributed by atoms with E-state index in [4.69, 9.17) is 4.74 Å². The molecule has 1 atom stereocenters. The topological polar surface area (TPSA) is 83.6 Å². The highest BCUT2D eigenvalue weighted by molar-refractivity contribution is 5.92. The lowest BCUT2D eigenvalue weighted by Crippen LogP contribution is -2.46. The lowest BCUT2D eigenvalue weighted by atomic mass is 10.1. The summed E-state index contributed by atoms with van der Waals surface area (Å²) in [5.41, 5.74) is 1.32. The minimum absolute atomic E-state index is 0.0536. The highest BCUT2D eigenvalue weighted by atomic mass is 16.6. The SMILES string of the molecule is CCOC(=O)N1CCC(NC(=O)c2ccc(NC(C)CC)cn2)CC1. The molecule has 0 bridgehead atoms. The van der Waals surface area contributed by atoms with Gasteiger partial charge >= 0.3 is 6.09 Å². The standard InChI is InChI=1S/C18H28N4O3/c1-4-13(3)20-15-6-7-16(19-12-15)17(23)21-14-8-10-22(11-9-14)18(24)25-5-2/h6-7,12-14,20H,4-5,8-11H2,1-3H3,(H,21,23). The number of anilines is 1. The van der Waals surface area contributed by atoms with Gasteiger partial charge < -0.3 is 20.3 Å². The Morgan fingerprint density at radius 2 is 2.04 bits per heavy atom. The number of pyridine rings is 1. The monoisotopic (exact) mass is 348 g/mol. The van der Waals surface area contributed by atoms with Gasteiger partial charge in [0.1, 0.15) is 5.69 Å². The van der Waals surface area contributed by atoms with E-state index in [1.807, 2.05) is 6.07 Å². The number of amides is 2. The quantitative estimate of drug-likeness (QED) is 0.826. The number of aromatic nitrogens is 1. The van der Waals surface area contributed by atoms with Gasteiger partial charge in [-0.2, -0.15) is 0 Å². The molecular formula is C18H28N4O3. The molecule has 7 heteroatoms. The maximum absolute atomic E-state index is 12.3. The largest absolute Gasteiger partial charge is 0.450 e. The third-order valence-corrected chi connectivity index (χ3v) is 4.38. The Labute approximate surface area is 149 Å². The lowest BCUT2D eigenvalue weighted by molar-refractivity contribution is 0.0856. The zero-order valence-corrected chi connectivity index (χ0v) is 15.2. The van der Waals surface area contributed by atoms with Crippen LogP contribution in [0, 0.1) is 0 Å². The Morgan fingerprint density at radius 3 is 2.60 bits per heavy atom. The van der Waals surface area contributed by atoms with E-state index < -0.39 is 0 Å². The van der Waals surface area contributed by atoms with Crippen LogP contribution in [-0.2, 0) is 4.74 Å². The van der Waals surface area contributed by atoms with Crippen molar-refractivity contribution < 1.29 is 14.3 Å². The second-order valence-electron chi connectivity index (χ2n) is 6.32. The van der Waals surface area contributed by atoms with E-state index >= 15 is 0 Å². The van der Waals surface area contributed by atoms with Crippen molar-refractivity contribution in [2.24, 2.45) is 0 Å². The van der Waals surface area contributed by atoms with Crippen molar-refractivity contribution in [1.29, 1.82) is 0 Å². The van der Waals surface area contributed by atoms with Crippen molar-refractivity contribution in [3.05, 3.63) is 24.0 Å². The molecule has 0 spiro atoms. The van der Waals surface area contributed by atoms with Crippen LogP contribution in [-0.4, -0.2) is 53.7 Å². The van der Waals surface area contributed by atoms with Gasteiger partial charge in [-0.05, 0) is 45.2 Å². The molecule has 0 saturated carbocycles. The number of nitrogens with zero attached hydrogens (tertiary/aromatic N) is 2. The Hall–Kier alpha value is -2.31. The minimum Gasteiger partial charge on any atom is -0.450 e. The summed E-state index contributed by atoms with van der Waals surface area (Å²) in [5, 5.41) is 6.32. The van der Waals surface area contributed by atoms with Gasteiger partial charge in [0.25, 0.3) is 5.91 Å². The fraction of sp³-hybridized carbons (Fsp3) is 0.611. The molecule has 1 aliphatic rings. The van der Waals surface area contributed by atoms with Crippen LogP contribution in [0.2, 0.25) is 0 Å². The molecule has 1 aliphatic heterocycles. The summed E-state index contributed by atoms with van der Waals surface area (Å²) < 4.78 is 5.00. The fourth-order valence-electron chi connectivity index (χ4n) is 2.68. The number of hydrogen-bond donors (Lipinski definition) is 2. The van der Waals surface area contributed by atoms with Crippen LogP contribution < -0.4 is 10.6 Å². The lowest BCUT2D eigenvalue weighted by Gasteiger charge is -2.31. The predicted octanol–water partition coefficient (Wildman–Crippen LogP) is 2.64. The molecule has 1 saturated heterocycles. The summed E-state index contributed by atoms with van der Waals surface area (Å²) >= 11 is 0. The van der Waals surface area contributed by atoms with Crippen LogP contribution in [0.5, 0.6) is 0 Å². The fourth-order valence-corrected chi connectivity index (χ4v) is 2.68. The smallest absolute Gasteiger partial charge is 0.409 e. The molecule has 1 aromatic heterocycles. The van der Waals surface area contributed by atoms with Crippen LogP contribution >= 0.6 is 0 Å². The van der Waals surface area contributed by atoms with Crippen molar-refractivity contribution >= 4 is 17.7 Å². The van der Waals surface area contributed by atoms with E-state index in [1.54, 1.807) is 24.1 Å². The van der Waals surface area contributed by atoms with Crippen LogP contribution in [0.25, 0.3) is 0 Å². The number of ether oxygens (including phenoxy) is 1. The number of carbonyl (C=O) groups excluding carboxylic acids is 2. The number of nitrogens with one attached hydrogen (secondary N) is 2. The van der Waals surface area contributed by atoms with Gasteiger partial charge in [0.2, 0.25) is 0 Å². The average Bonchev–Trinajstić information content (AvgIpc) is 2.63. The van der Waals surface area contributed by atoms with Gasteiger partial charge in [0.15, 0.2) is 0 Å². The molecule has 2 amide bonds. The molecule has 2 heterocycles. The Bertz CT molecular complexity index is 568. The average molecular weight is 348 g/mol. The van der Waals surface area contributed by atoms with Gasteiger partial charge in [-0.15, -0.1) is 0 Å². The van der Waals surface area contributed by atoms with Gasteiger partial charge in [0, 0.05) is 25.2 Å². The van der Waals surface area contributed by atoms with Gasteiger partial charge in [-0.25, -0.2) is 9.78 Å². The van der Waals surface area contributed by atoms with E-state index in [0.29, 0.717) is 31.4 Å². The number of carbonyl (C=O) groups is 2. The molecule has 0 aromatic carbocycles. The molecule has 25 heavy (non-hydrogen) atoms. The third kappa shape index (κ3) is 5.62. The predicted molar refractivity (Wildman–Crippen MR) is 96.7 cm³/mol. The van der Waals surface area contributed by atoms with Crippen LogP contribution in [0.1, 0.15) is 50.5 Å². The molecule has 1 fully saturated rings. The second-order valence-corrected chi connectivity index (χ2v) is 6.32. The maximum Gasteiger partial charge on any atom is 0.409 e. The molecule has 0 aliphatic carbocycles. The molecule has 7 nitrogen and oxygen atoms in total. The summed E-state index contributed by atoms with van der Waals surface area (Å²) in [6, 6.07) is 4.02. The van der Waals surface area contributed by atoms with Crippen LogP contribution in [0.4, 0.5) is 10.5 Å². The van der Waals surface area contributed by atoms with E-state index in [9.17, 15) is 9.59 Å². The highest BCUT2D eigenvalue weighted by Gasteiger charge is 2.25. The van der Waals surface area contributed by atoms with Gasteiger partial charge in [0.05, 0.1) is 18.5 Å². The summed E-state index contributed by atoms with van der Waals surface area (Å²) in [6.07, 6.45) is 3.87. The van der Waals surface area contributed by atoms with E-state index in [1.165, 1.54) is 0 Å². The Kier molecular flexibility index (Phi) is 7.03. The molecule has 2 rings (SSSR count). The number of likely N-dealkylation sites (tertiary alicyclic amines) is 1. The molecule has 1 unspecified atom stereocenters. The number of rotatable bonds is 6. The first kappa shape index (κ1) is 19.0. The van der Waals surface area contributed by atoms with Crippen LogP contribution in [0.15, 0.2) is 18.3 Å². The van der Waals surface area contributed by atoms with Crippen molar-refractivity contribution in [3.63, 3.8) is 0 Å². The van der Waals surface area contributed by atoms with Gasteiger partial charge in [-0.1, -0.05) is 6.92 Å². The summed E-state index contributed by atoms with van der Waals surface area (Å²) in [7, 11) is 0. The second kappa shape index (κ2) is 9.25. The Morgan fingerprint density at radius 1 is 1.32 bits per heavy atom. The summed E-state index contributed by atoms with van der Waals surface area (Å²) in [6.45, 7) is 7.57. The molecule has 0 radical (unpaired) electrons. The highest BCUT2D eigenvalue weighted by Crippen LogP contribution is 2.13. The molecule has 2 N–H and O–H groups in total. The normalized spacial score (nSPS) is 16.2. The van der Waals surface area contributed by atoms with Crippen molar-refractivity contribution in [3.8, 4) is 0 Å². The Balaban J connectivity index is 1.81. The first-order chi connectivity index (χ1) is 12.0. The third-order valence-electron chi connectivity index (χ3n) is 4.38. The zero-order valence-electron chi connectivity index (χ0n) is 15.2. The first-order valence-electron chi connectivity index (χ1n) is 8.98. The van der Waals surface area contributed by atoms with Crippen molar-refractivity contribution in [2.75, 3.05) is 25.0 Å². The first-order valence-corrected chi connectivity index (χ1v) is 8.98. The van der Waals surface area contributed by atoms with E-state index in [-0.39, 0.29) is 18.0 Å². The van der Waals surface area contributed by atoms with Crippen molar-refractivity contribution in [2.45, 2.75) is 52.1 Å². The number of piperidine rings is 1. The number of hydrogen-bond acceptors (Lipinski definition) is 5. The molecular weight excluding hydrogens is 320 g/mol. The maximum atomic E-state index is 12.3. The van der Waals surface area contributed by atoms with E-state index in [0.717, 1.165) is 24.9 Å². The molecule has 1 aromatic rings. The summed E-state index contributed by atoms with van der Waals surface area (Å²) in [4.78, 5) is 29.9. The minimum atomic E-state index is -0.279. The van der Waals surface area contributed by atoms with Gasteiger partial charge in [-0.3, -0.25) is 4.79 Å². The summed E-state index contributed by atoms with van der Waals surface area (Å²) in [5.74, 6) is -0.176.